The molecule has 0 spiro atoms. The van der Waals surface area contributed by atoms with Gasteiger partial charge in [-0.25, -0.2) is 0 Å². The lowest BCUT2D eigenvalue weighted by Crippen LogP contribution is -2.49. The summed E-state index contributed by atoms with van der Waals surface area (Å²) in [4.78, 5) is 10.4. The summed E-state index contributed by atoms with van der Waals surface area (Å²) in [6.07, 6.45) is 1.01. The van der Waals surface area contributed by atoms with E-state index in [-0.39, 0.29) is 24.6 Å². The van der Waals surface area contributed by atoms with Crippen molar-refractivity contribution < 1.29 is 23.1 Å². The summed E-state index contributed by atoms with van der Waals surface area (Å²) >= 11 is 0. The Bertz CT molecular complexity index is 421. The van der Waals surface area contributed by atoms with Gasteiger partial charge in [0.1, 0.15) is 0 Å². The average molecular weight is 294 g/mol. The number of nitrogens with zero attached hydrogens (tertiary/aromatic N) is 1. The number of ether oxygens (including phenoxy) is 1. The Morgan fingerprint density at radius 2 is 2.16 bits per heavy atom. The van der Waals surface area contributed by atoms with E-state index < -0.39 is 16.2 Å². The summed E-state index contributed by atoms with van der Waals surface area (Å²) < 4.78 is 33.2. The predicted octanol–water partition coefficient (Wildman–Crippen LogP) is 0.185. The quantitative estimate of drug-likeness (QED) is 0.729. The molecule has 0 aromatic carbocycles. The fourth-order valence-electron chi connectivity index (χ4n) is 2.01. The number of hydrogen-bond donors (Lipinski definition) is 2. The molecule has 1 rings (SSSR count). The molecule has 0 aromatic rings. The first-order chi connectivity index (χ1) is 8.62. The Kier molecular flexibility index (Phi) is 5.31. The minimum absolute atomic E-state index is 0.0444. The van der Waals surface area contributed by atoms with Gasteiger partial charge >= 0.3 is 5.97 Å². The summed E-state index contributed by atoms with van der Waals surface area (Å²) in [7, 11) is -2.27. The molecule has 19 heavy (non-hydrogen) atoms. The van der Waals surface area contributed by atoms with Gasteiger partial charge in [0.15, 0.2) is 0 Å². The average Bonchev–Trinajstić information content (AvgIpc) is 2.23. The molecular weight excluding hydrogens is 272 g/mol. The number of aliphatic carboxylic acids is 1. The maximum atomic E-state index is 12.0. The van der Waals surface area contributed by atoms with Crippen LogP contribution in [0.3, 0.4) is 0 Å². The Hall–Kier alpha value is -0.700. The molecule has 0 bridgehead atoms. The highest BCUT2D eigenvalue weighted by atomic mass is 32.2. The van der Waals surface area contributed by atoms with Gasteiger partial charge in [0.25, 0.3) is 10.2 Å². The van der Waals surface area contributed by atoms with Crippen LogP contribution in [0.5, 0.6) is 0 Å². The summed E-state index contributed by atoms with van der Waals surface area (Å²) in [5, 5.41) is 8.56. The normalized spacial score (nSPS) is 23.5. The van der Waals surface area contributed by atoms with Gasteiger partial charge in [-0.2, -0.15) is 17.4 Å². The third kappa shape index (κ3) is 5.43. The molecule has 0 radical (unpaired) electrons. The third-order valence-corrected chi connectivity index (χ3v) is 4.70. The third-order valence-electron chi connectivity index (χ3n) is 3.06. The fourth-order valence-corrected chi connectivity index (χ4v) is 3.14. The van der Waals surface area contributed by atoms with E-state index in [0.29, 0.717) is 19.4 Å². The highest BCUT2D eigenvalue weighted by molar-refractivity contribution is 7.87. The van der Waals surface area contributed by atoms with Crippen LogP contribution in [-0.2, 0) is 19.7 Å². The van der Waals surface area contributed by atoms with Crippen molar-refractivity contribution in [2.75, 3.05) is 20.2 Å². The van der Waals surface area contributed by atoms with Crippen molar-refractivity contribution in [1.29, 1.82) is 0 Å². The van der Waals surface area contributed by atoms with Crippen LogP contribution in [0.25, 0.3) is 0 Å². The molecule has 7 nitrogen and oxygen atoms in total. The zero-order valence-corrected chi connectivity index (χ0v) is 12.4. The second-order valence-corrected chi connectivity index (χ2v) is 7.20. The molecule has 1 aliphatic rings. The van der Waals surface area contributed by atoms with Crippen molar-refractivity contribution >= 4 is 16.2 Å². The zero-order valence-electron chi connectivity index (χ0n) is 11.5. The Morgan fingerprint density at radius 3 is 2.68 bits per heavy atom. The molecule has 1 fully saturated rings. The summed E-state index contributed by atoms with van der Waals surface area (Å²) in [5.74, 6) is -1.02. The lowest BCUT2D eigenvalue weighted by molar-refractivity contribution is -0.137. The van der Waals surface area contributed by atoms with Gasteiger partial charge in [0.2, 0.25) is 0 Å². The molecular formula is C11H22N2O5S. The molecule has 8 heteroatoms. The molecule has 1 unspecified atom stereocenters. The molecule has 1 atom stereocenters. The molecule has 1 aliphatic heterocycles. The van der Waals surface area contributed by atoms with E-state index in [1.54, 1.807) is 0 Å². The zero-order chi connectivity index (χ0) is 14.7. The van der Waals surface area contributed by atoms with Crippen molar-refractivity contribution in [2.24, 2.45) is 0 Å². The topological polar surface area (TPSA) is 95.9 Å². The van der Waals surface area contributed by atoms with Crippen LogP contribution in [0.15, 0.2) is 0 Å². The minimum Gasteiger partial charge on any atom is -0.481 e. The van der Waals surface area contributed by atoms with E-state index in [4.69, 9.17) is 9.84 Å². The Balaban J connectivity index is 2.56. The van der Waals surface area contributed by atoms with Gasteiger partial charge in [0.05, 0.1) is 12.0 Å². The maximum Gasteiger partial charge on any atom is 0.304 e. The first-order valence-electron chi connectivity index (χ1n) is 6.22. The van der Waals surface area contributed by atoms with E-state index in [1.165, 1.54) is 7.05 Å². The second kappa shape index (κ2) is 6.17. The highest BCUT2D eigenvalue weighted by Gasteiger charge is 2.32. The van der Waals surface area contributed by atoms with Gasteiger partial charge < -0.3 is 9.84 Å². The maximum absolute atomic E-state index is 12.0. The first-order valence-corrected chi connectivity index (χ1v) is 7.66. The van der Waals surface area contributed by atoms with Gasteiger partial charge in [-0.3, -0.25) is 4.79 Å². The molecule has 2 N–H and O–H groups in total. The van der Waals surface area contributed by atoms with Crippen molar-refractivity contribution in [2.45, 2.75) is 44.8 Å². The number of carboxylic acids is 1. The summed E-state index contributed by atoms with van der Waals surface area (Å²) in [6, 6.07) is -0.180. The largest absolute Gasteiger partial charge is 0.481 e. The molecule has 0 saturated carbocycles. The van der Waals surface area contributed by atoms with Crippen LogP contribution in [0.1, 0.15) is 33.1 Å². The fraction of sp³-hybridized carbons (Fsp3) is 0.909. The standard InChI is InChI=1S/C11H22N2O5S/c1-11(2)8-9(5-7-18-11)12-19(16,17)13(3)6-4-10(14)15/h9,12H,4-8H2,1-3H3,(H,14,15). The number of nitrogens with one attached hydrogen (secondary N) is 1. The molecule has 0 amide bonds. The van der Waals surface area contributed by atoms with Crippen LogP contribution in [-0.4, -0.2) is 55.6 Å². The second-order valence-electron chi connectivity index (χ2n) is 5.39. The SMILES string of the molecule is CN(CCC(=O)O)S(=O)(=O)NC1CCOC(C)(C)C1. The van der Waals surface area contributed by atoms with E-state index in [2.05, 4.69) is 4.72 Å². The van der Waals surface area contributed by atoms with Crippen LogP contribution < -0.4 is 4.72 Å². The van der Waals surface area contributed by atoms with Crippen LogP contribution in [0, 0.1) is 0 Å². The monoisotopic (exact) mass is 294 g/mol. The van der Waals surface area contributed by atoms with Crippen molar-refractivity contribution in [3.63, 3.8) is 0 Å². The number of carboxylic acid groups (broad SMARTS) is 1. The van der Waals surface area contributed by atoms with E-state index in [9.17, 15) is 13.2 Å². The summed E-state index contributed by atoms with van der Waals surface area (Å²) in [5.41, 5.74) is -0.342. The Morgan fingerprint density at radius 1 is 1.53 bits per heavy atom. The molecule has 1 heterocycles. The molecule has 0 aromatic heterocycles. The van der Waals surface area contributed by atoms with Crippen molar-refractivity contribution in [3.05, 3.63) is 0 Å². The van der Waals surface area contributed by atoms with Crippen LogP contribution in [0.4, 0.5) is 0 Å². The number of carbonyl (C=O) groups is 1. The van der Waals surface area contributed by atoms with E-state index >= 15 is 0 Å². The number of hydrogen-bond acceptors (Lipinski definition) is 4. The minimum atomic E-state index is -3.64. The summed E-state index contributed by atoms with van der Waals surface area (Å²) in [6.45, 7) is 4.31. The van der Waals surface area contributed by atoms with Crippen molar-refractivity contribution in [1.82, 2.24) is 9.03 Å². The predicted molar refractivity (Wildman–Crippen MR) is 70.0 cm³/mol. The van der Waals surface area contributed by atoms with Crippen LogP contribution in [0.2, 0.25) is 0 Å². The van der Waals surface area contributed by atoms with Gasteiger partial charge in [-0.15, -0.1) is 0 Å². The highest BCUT2D eigenvalue weighted by Crippen LogP contribution is 2.24. The molecule has 1 saturated heterocycles. The number of rotatable bonds is 6. The first kappa shape index (κ1) is 16.4. The van der Waals surface area contributed by atoms with Gasteiger partial charge in [-0.1, -0.05) is 0 Å². The lowest BCUT2D eigenvalue weighted by Gasteiger charge is -2.36. The molecule has 0 aliphatic carbocycles. The van der Waals surface area contributed by atoms with E-state index in [1.807, 2.05) is 13.8 Å². The van der Waals surface area contributed by atoms with Crippen molar-refractivity contribution in [3.8, 4) is 0 Å². The molecule has 112 valence electrons. The Labute approximate surface area is 114 Å². The lowest BCUT2D eigenvalue weighted by atomic mass is 9.95. The smallest absolute Gasteiger partial charge is 0.304 e. The van der Waals surface area contributed by atoms with Gasteiger partial charge in [0, 0.05) is 26.2 Å². The van der Waals surface area contributed by atoms with Gasteiger partial charge in [-0.05, 0) is 26.7 Å². The van der Waals surface area contributed by atoms with Crippen LogP contribution >= 0.6 is 0 Å². The van der Waals surface area contributed by atoms with E-state index in [0.717, 1.165) is 4.31 Å².